The van der Waals surface area contributed by atoms with Gasteiger partial charge in [0.15, 0.2) is 0 Å². The molecule has 4 heteroatoms. The summed E-state index contributed by atoms with van der Waals surface area (Å²) in [7, 11) is 0. The maximum atomic E-state index is 6.40. The number of nitrogens with zero attached hydrogens (tertiary/aromatic N) is 1. The minimum absolute atomic E-state index is 0.238. The van der Waals surface area contributed by atoms with E-state index in [0.29, 0.717) is 11.1 Å². The Kier molecular flexibility index (Phi) is 5.37. The molecule has 1 aliphatic rings. The number of halogens is 1. The normalized spacial score (nSPS) is 20.2. The van der Waals surface area contributed by atoms with E-state index >= 15 is 0 Å². The van der Waals surface area contributed by atoms with Crippen LogP contribution in [0.25, 0.3) is 10.8 Å². The molecule has 1 aliphatic carbocycles. The second kappa shape index (κ2) is 8.07. The van der Waals surface area contributed by atoms with Gasteiger partial charge >= 0.3 is 0 Å². The molecule has 0 aliphatic heterocycles. The summed E-state index contributed by atoms with van der Waals surface area (Å²) in [5.41, 5.74) is 1.34. The molecule has 1 aromatic heterocycles. The molecule has 0 radical (unpaired) electrons. The van der Waals surface area contributed by atoms with E-state index < -0.39 is 0 Å². The summed E-state index contributed by atoms with van der Waals surface area (Å²) in [6, 6.07) is 17.1. The molecule has 1 saturated carbocycles. The third kappa shape index (κ3) is 4.17. The van der Waals surface area contributed by atoms with Crippen molar-refractivity contribution < 1.29 is 4.74 Å². The average molecular weight is 367 g/mol. The molecule has 1 N–H and O–H groups in total. The number of benzene rings is 2. The first-order valence-electron chi connectivity index (χ1n) is 9.25. The van der Waals surface area contributed by atoms with Crippen molar-refractivity contribution in [3.8, 4) is 5.75 Å². The fourth-order valence-corrected chi connectivity index (χ4v) is 3.82. The van der Waals surface area contributed by atoms with Crippen molar-refractivity contribution in [2.24, 2.45) is 0 Å². The first kappa shape index (κ1) is 17.3. The molecule has 1 fully saturated rings. The third-order valence-corrected chi connectivity index (χ3v) is 5.39. The Morgan fingerprint density at radius 2 is 1.81 bits per heavy atom. The fraction of sp³-hybridized carbons (Fsp3) is 0.318. The van der Waals surface area contributed by atoms with Gasteiger partial charge in [-0.2, -0.15) is 0 Å². The first-order chi connectivity index (χ1) is 12.8. The number of ether oxygens (including phenoxy) is 1. The van der Waals surface area contributed by atoms with Gasteiger partial charge < -0.3 is 10.1 Å². The summed E-state index contributed by atoms with van der Waals surface area (Å²) in [5, 5.41) is 6.48. The monoisotopic (exact) mass is 366 g/mol. The van der Waals surface area contributed by atoms with Gasteiger partial charge in [-0.3, -0.25) is 4.98 Å². The zero-order valence-corrected chi connectivity index (χ0v) is 15.5. The highest BCUT2D eigenvalue weighted by molar-refractivity contribution is 6.32. The Balaban J connectivity index is 1.32. The van der Waals surface area contributed by atoms with Crippen LogP contribution in [0.15, 0.2) is 60.9 Å². The molecular weight excluding hydrogens is 344 g/mol. The van der Waals surface area contributed by atoms with Gasteiger partial charge in [0, 0.05) is 30.4 Å². The van der Waals surface area contributed by atoms with Crippen LogP contribution in [-0.2, 0) is 6.54 Å². The van der Waals surface area contributed by atoms with E-state index in [9.17, 15) is 0 Å². The predicted octanol–water partition coefficient (Wildman–Crippen LogP) is 5.37. The quantitative estimate of drug-likeness (QED) is 0.659. The van der Waals surface area contributed by atoms with Gasteiger partial charge in [-0.1, -0.05) is 41.9 Å². The molecule has 0 atom stereocenters. The van der Waals surface area contributed by atoms with E-state index in [-0.39, 0.29) is 6.10 Å². The minimum atomic E-state index is 0.238. The van der Waals surface area contributed by atoms with Crippen molar-refractivity contribution in [3.63, 3.8) is 0 Å². The zero-order valence-electron chi connectivity index (χ0n) is 14.7. The number of pyridine rings is 1. The van der Waals surface area contributed by atoms with Crippen LogP contribution in [-0.4, -0.2) is 17.1 Å². The zero-order chi connectivity index (χ0) is 17.8. The molecule has 0 unspecified atom stereocenters. The highest BCUT2D eigenvalue weighted by Gasteiger charge is 2.22. The second-order valence-electron chi connectivity index (χ2n) is 6.96. The Hall–Kier alpha value is -2.10. The number of fused-ring (bicyclic) bond motifs is 1. The maximum Gasteiger partial charge on any atom is 0.138 e. The van der Waals surface area contributed by atoms with E-state index in [1.54, 1.807) is 6.20 Å². The molecule has 0 bridgehead atoms. The number of nitrogens with one attached hydrogen (secondary N) is 1. The molecular formula is C22H23ClN2O. The highest BCUT2D eigenvalue weighted by Crippen LogP contribution is 2.32. The lowest BCUT2D eigenvalue weighted by molar-refractivity contribution is 0.139. The summed E-state index contributed by atoms with van der Waals surface area (Å²) in [5.74, 6) is 0.783. The van der Waals surface area contributed by atoms with Crippen LogP contribution in [0.1, 0.15) is 31.2 Å². The predicted molar refractivity (Wildman–Crippen MR) is 107 cm³/mol. The summed E-state index contributed by atoms with van der Waals surface area (Å²) in [6.45, 7) is 0.932. The van der Waals surface area contributed by atoms with Gasteiger partial charge in [0.1, 0.15) is 5.75 Å². The van der Waals surface area contributed by atoms with Gasteiger partial charge in [-0.05, 0) is 54.8 Å². The lowest BCUT2D eigenvalue weighted by Crippen LogP contribution is -2.35. The SMILES string of the molecule is Clc1cc2cnccc2cc1O[C@H]1CC[C@H](NCc2ccccc2)CC1. The van der Waals surface area contributed by atoms with Gasteiger partial charge in [-0.15, -0.1) is 0 Å². The summed E-state index contributed by atoms with van der Waals surface area (Å²) < 4.78 is 6.23. The van der Waals surface area contributed by atoms with E-state index in [2.05, 4.69) is 40.6 Å². The van der Waals surface area contributed by atoms with Crippen molar-refractivity contribution >= 4 is 22.4 Å². The van der Waals surface area contributed by atoms with Crippen molar-refractivity contribution in [2.75, 3.05) is 0 Å². The molecule has 0 spiro atoms. The van der Waals surface area contributed by atoms with Crippen LogP contribution in [0.3, 0.4) is 0 Å². The van der Waals surface area contributed by atoms with Crippen LogP contribution in [0.5, 0.6) is 5.75 Å². The molecule has 3 aromatic rings. The number of hydrogen-bond donors (Lipinski definition) is 1. The van der Waals surface area contributed by atoms with Crippen LogP contribution in [0.2, 0.25) is 5.02 Å². The van der Waals surface area contributed by atoms with E-state index in [1.807, 2.05) is 24.4 Å². The number of aromatic nitrogens is 1. The van der Waals surface area contributed by atoms with E-state index in [0.717, 1.165) is 48.8 Å². The summed E-state index contributed by atoms with van der Waals surface area (Å²) in [6.07, 6.45) is 8.23. The standard InChI is InChI=1S/C22H23ClN2O/c23-21-12-18-15-24-11-10-17(18)13-22(21)26-20-8-6-19(7-9-20)25-14-16-4-2-1-3-5-16/h1-5,10-13,15,19-20,25H,6-9,14H2/t19-,20-. The number of hydrogen-bond acceptors (Lipinski definition) is 3. The van der Waals surface area contributed by atoms with Crippen molar-refractivity contribution in [2.45, 2.75) is 44.4 Å². The average Bonchev–Trinajstić information content (AvgIpc) is 2.69. The fourth-order valence-electron chi connectivity index (χ4n) is 3.60. The highest BCUT2D eigenvalue weighted by atomic mass is 35.5. The molecule has 134 valence electrons. The maximum absolute atomic E-state index is 6.40. The molecule has 2 aromatic carbocycles. The van der Waals surface area contributed by atoms with Crippen LogP contribution in [0.4, 0.5) is 0 Å². The van der Waals surface area contributed by atoms with Crippen LogP contribution < -0.4 is 10.1 Å². The van der Waals surface area contributed by atoms with Gasteiger partial charge in [-0.25, -0.2) is 0 Å². The van der Waals surface area contributed by atoms with Gasteiger partial charge in [0.25, 0.3) is 0 Å². The van der Waals surface area contributed by atoms with Gasteiger partial charge in [0.2, 0.25) is 0 Å². The molecule has 3 nitrogen and oxygen atoms in total. The lowest BCUT2D eigenvalue weighted by Gasteiger charge is -2.30. The molecule has 0 amide bonds. The molecule has 1 heterocycles. The molecule has 26 heavy (non-hydrogen) atoms. The Labute approximate surface area is 159 Å². The number of rotatable bonds is 5. The summed E-state index contributed by atoms with van der Waals surface area (Å²) in [4.78, 5) is 4.14. The van der Waals surface area contributed by atoms with Crippen molar-refractivity contribution in [3.05, 3.63) is 71.5 Å². The van der Waals surface area contributed by atoms with Crippen LogP contribution in [0, 0.1) is 0 Å². The van der Waals surface area contributed by atoms with Gasteiger partial charge in [0.05, 0.1) is 11.1 Å². The molecule has 0 saturated heterocycles. The Morgan fingerprint density at radius 1 is 1.00 bits per heavy atom. The smallest absolute Gasteiger partial charge is 0.138 e. The lowest BCUT2D eigenvalue weighted by atomic mass is 9.92. The Bertz CT molecular complexity index is 860. The van der Waals surface area contributed by atoms with Crippen molar-refractivity contribution in [1.82, 2.24) is 10.3 Å². The van der Waals surface area contributed by atoms with Crippen molar-refractivity contribution in [1.29, 1.82) is 0 Å². The molecule has 4 rings (SSSR count). The first-order valence-corrected chi connectivity index (χ1v) is 9.63. The summed E-state index contributed by atoms with van der Waals surface area (Å²) >= 11 is 6.40. The Morgan fingerprint density at radius 3 is 2.62 bits per heavy atom. The topological polar surface area (TPSA) is 34.1 Å². The van der Waals surface area contributed by atoms with Crippen LogP contribution >= 0.6 is 11.6 Å². The van der Waals surface area contributed by atoms with E-state index in [1.165, 1.54) is 5.56 Å². The largest absolute Gasteiger partial charge is 0.489 e. The second-order valence-corrected chi connectivity index (χ2v) is 7.37. The minimum Gasteiger partial charge on any atom is -0.489 e. The van der Waals surface area contributed by atoms with E-state index in [4.69, 9.17) is 16.3 Å². The third-order valence-electron chi connectivity index (χ3n) is 5.10.